The number of pyridine rings is 1. The van der Waals surface area contributed by atoms with Gasteiger partial charge in [-0.15, -0.1) is 0 Å². The summed E-state index contributed by atoms with van der Waals surface area (Å²) in [5, 5.41) is 2.89. The van der Waals surface area contributed by atoms with Crippen LogP contribution in [-0.2, 0) is 0 Å². The van der Waals surface area contributed by atoms with Gasteiger partial charge in [0.25, 0.3) is 5.91 Å². The number of carbonyl (C=O) groups excluding carboxylic acids is 1. The lowest BCUT2D eigenvalue weighted by molar-refractivity contribution is 0.102. The molecule has 0 aliphatic rings. The maximum Gasteiger partial charge on any atom is 0.255 e. The van der Waals surface area contributed by atoms with Crippen molar-refractivity contribution in [2.24, 2.45) is 0 Å². The molecule has 2 rings (SSSR count). The highest BCUT2D eigenvalue weighted by Crippen LogP contribution is 2.25. The van der Waals surface area contributed by atoms with Crippen LogP contribution in [-0.4, -0.2) is 10.9 Å². The van der Waals surface area contributed by atoms with Crippen molar-refractivity contribution in [3.63, 3.8) is 0 Å². The third kappa shape index (κ3) is 3.42. The SMILES string of the molecule is Cc1cc(NC(=O)c2ccnc(Br)c2)cc(C)c1Br. The Hall–Kier alpha value is -1.20. The molecule has 1 aromatic carbocycles. The number of amides is 1. The van der Waals surface area contributed by atoms with Crippen molar-refractivity contribution < 1.29 is 4.79 Å². The number of benzene rings is 1. The van der Waals surface area contributed by atoms with Crippen LogP contribution >= 0.6 is 31.9 Å². The van der Waals surface area contributed by atoms with Crippen LogP contribution < -0.4 is 5.32 Å². The van der Waals surface area contributed by atoms with Crippen molar-refractivity contribution in [3.05, 3.63) is 56.2 Å². The van der Waals surface area contributed by atoms with Gasteiger partial charge in [-0.2, -0.15) is 0 Å². The van der Waals surface area contributed by atoms with Gasteiger partial charge in [0.05, 0.1) is 0 Å². The second-order valence-electron chi connectivity index (χ2n) is 4.25. The molecule has 0 saturated carbocycles. The molecule has 0 saturated heterocycles. The normalized spacial score (nSPS) is 10.3. The summed E-state index contributed by atoms with van der Waals surface area (Å²) in [7, 11) is 0. The fourth-order valence-electron chi connectivity index (χ4n) is 1.77. The summed E-state index contributed by atoms with van der Waals surface area (Å²) in [6.45, 7) is 3.99. The number of aryl methyl sites for hydroxylation is 2. The molecular weight excluding hydrogens is 372 g/mol. The summed E-state index contributed by atoms with van der Waals surface area (Å²) >= 11 is 6.76. The molecule has 19 heavy (non-hydrogen) atoms. The van der Waals surface area contributed by atoms with Gasteiger partial charge in [0.15, 0.2) is 0 Å². The zero-order valence-electron chi connectivity index (χ0n) is 10.5. The van der Waals surface area contributed by atoms with Crippen LogP contribution in [0, 0.1) is 13.8 Å². The van der Waals surface area contributed by atoms with Crippen LogP contribution in [0.5, 0.6) is 0 Å². The van der Waals surface area contributed by atoms with E-state index in [0.717, 1.165) is 21.3 Å². The number of anilines is 1. The van der Waals surface area contributed by atoms with Gasteiger partial charge >= 0.3 is 0 Å². The summed E-state index contributed by atoms with van der Waals surface area (Å²) < 4.78 is 1.71. The van der Waals surface area contributed by atoms with Crippen LogP contribution in [0.3, 0.4) is 0 Å². The van der Waals surface area contributed by atoms with Gasteiger partial charge < -0.3 is 5.32 Å². The van der Waals surface area contributed by atoms with Crippen LogP contribution in [0.25, 0.3) is 0 Å². The van der Waals surface area contributed by atoms with Gasteiger partial charge in [-0.05, 0) is 65.2 Å². The summed E-state index contributed by atoms with van der Waals surface area (Å²) in [6.07, 6.45) is 1.59. The number of halogens is 2. The summed E-state index contributed by atoms with van der Waals surface area (Å²) in [5.74, 6) is -0.149. The van der Waals surface area contributed by atoms with E-state index in [1.54, 1.807) is 18.3 Å². The van der Waals surface area contributed by atoms with Crippen molar-refractivity contribution in [3.8, 4) is 0 Å². The van der Waals surface area contributed by atoms with E-state index in [2.05, 4.69) is 42.2 Å². The average Bonchev–Trinajstić information content (AvgIpc) is 2.36. The van der Waals surface area contributed by atoms with E-state index in [4.69, 9.17) is 0 Å². The quantitative estimate of drug-likeness (QED) is 0.777. The Morgan fingerprint density at radius 2 is 1.79 bits per heavy atom. The molecule has 0 atom stereocenters. The van der Waals surface area contributed by atoms with Crippen LogP contribution in [0.2, 0.25) is 0 Å². The van der Waals surface area contributed by atoms with Crippen molar-refractivity contribution in [1.29, 1.82) is 0 Å². The third-order valence-electron chi connectivity index (χ3n) is 2.68. The molecule has 0 unspecified atom stereocenters. The number of aromatic nitrogens is 1. The Labute approximate surface area is 128 Å². The van der Waals surface area contributed by atoms with Crippen molar-refractivity contribution in [2.45, 2.75) is 13.8 Å². The summed E-state index contributed by atoms with van der Waals surface area (Å²) in [4.78, 5) is 16.1. The Kier molecular flexibility index (Phi) is 4.37. The molecule has 0 aliphatic heterocycles. The number of hydrogen-bond acceptors (Lipinski definition) is 2. The Morgan fingerprint density at radius 3 is 2.37 bits per heavy atom. The van der Waals surface area contributed by atoms with E-state index in [9.17, 15) is 4.79 Å². The molecule has 0 fully saturated rings. The van der Waals surface area contributed by atoms with E-state index < -0.39 is 0 Å². The van der Waals surface area contributed by atoms with E-state index in [0.29, 0.717) is 10.2 Å². The lowest BCUT2D eigenvalue weighted by atomic mass is 10.1. The van der Waals surface area contributed by atoms with Gasteiger partial charge in [-0.1, -0.05) is 15.9 Å². The molecule has 0 radical (unpaired) electrons. The standard InChI is InChI=1S/C14H12Br2N2O/c1-8-5-11(6-9(2)13(8)16)18-14(19)10-3-4-17-12(15)7-10/h3-7H,1-2H3,(H,18,19). The van der Waals surface area contributed by atoms with E-state index in [1.165, 1.54) is 0 Å². The van der Waals surface area contributed by atoms with E-state index >= 15 is 0 Å². The molecule has 1 aromatic heterocycles. The zero-order chi connectivity index (χ0) is 14.0. The van der Waals surface area contributed by atoms with Crippen molar-refractivity contribution >= 4 is 43.5 Å². The number of nitrogens with zero attached hydrogens (tertiary/aromatic N) is 1. The molecule has 3 nitrogen and oxygen atoms in total. The topological polar surface area (TPSA) is 42.0 Å². The maximum absolute atomic E-state index is 12.1. The summed E-state index contributed by atoms with van der Waals surface area (Å²) in [6, 6.07) is 7.24. The van der Waals surface area contributed by atoms with Gasteiger partial charge in [-0.3, -0.25) is 4.79 Å². The molecule has 0 spiro atoms. The van der Waals surface area contributed by atoms with E-state index in [1.807, 2.05) is 26.0 Å². The molecule has 1 N–H and O–H groups in total. The largest absolute Gasteiger partial charge is 0.322 e. The summed E-state index contributed by atoms with van der Waals surface area (Å²) in [5.41, 5.74) is 3.54. The third-order valence-corrected chi connectivity index (χ3v) is 4.37. The number of carbonyl (C=O) groups is 1. The Balaban J connectivity index is 2.24. The second kappa shape index (κ2) is 5.84. The molecule has 1 amide bonds. The van der Waals surface area contributed by atoms with Gasteiger partial charge in [0, 0.05) is 21.9 Å². The van der Waals surface area contributed by atoms with E-state index in [-0.39, 0.29) is 5.91 Å². The average molecular weight is 384 g/mol. The first-order chi connectivity index (χ1) is 8.97. The lowest BCUT2D eigenvalue weighted by Gasteiger charge is -2.09. The molecule has 2 aromatic rings. The fraction of sp³-hybridized carbons (Fsp3) is 0.143. The molecular formula is C14H12Br2N2O. The monoisotopic (exact) mass is 382 g/mol. The minimum absolute atomic E-state index is 0.149. The van der Waals surface area contributed by atoms with Crippen molar-refractivity contribution in [2.75, 3.05) is 5.32 Å². The predicted octanol–water partition coefficient (Wildman–Crippen LogP) is 4.48. The molecule has 1 heterocycles. The fourth-order valence-corrected chi connectivity index (χ4v) is 2.36. The van der Waals surface area contributed by atoms with Gasteiger partial charge in [0.1, 0.15) is 4.60 Å². The Bertz CT molecular complexity index is 618. The number of rotatable bonds is 2. The predicted molar refractivity (Wildman–Crippen MR) is 83.5 cm³/mol. The van der Waals surface area contributed by atoms with Crippen LogP contribution in [0.15, 0.2) is 39.5 Å². The number of hydrogen-bond donors (Lipinski definition) is 1. The first-order valence-corrected chi connectivity index (χ1v) is 7.25. The highest BCUT2D eigenvalue weighted by atomic mass is 79.9. The maximum atomic E-state index is 12.1. The molecule has 0 aliphatic carbocycles. The highest BCUT2D eigenvalue weighted by Gasteiger charge is 2.08. The Morgan fingerprint density at radius 1 is 1.16 bits per heavy atom. The van der Waals surface area contributed by atoms with Crippen molar-refractivity contribution in [1.82, 2.24) is 4.98 Å². The second-order valence-corrected chi connectivity index (χ2v) is 5.85. The minimum Gasteiger partial charge on any atom is -0.322 e. The zero-order valence-corrected chi connectivity index (χ0v) is 13.7. The van der Waals surface area contributed by atoms with Gasteiger partial charge in [-0.25, -0.2) is 4.98 Å². The first kappa shape index (κ1) is 14.2. The molecule has 98 valence electrons. The smallest absolute Gasteiger partial charge is 0.255 e. The minimum atomic E-state index is -0.149. The molecule has 0 bridgehead atoms. The first-order valence-electron chi connectivity index (χ1n) is 5.67. The lowest BCUT2D eigenvalue weighted by Crippen LogP contribution is -2.12. The van der Waals surface area contributed by atoms with Crippen LogP contribution in [0.1, 0.15) is 21.5 Å². The highest BCUT2D eigenvalue weighted by molar-refractivity contribution is 9.10. The van der Waals surface area contributed by atoms with Gasteiger partial charge in [0.2, 0.25) is 0 Å². The number of nitrogens with one attached hydrogen (secondary N) is 1. The molecule has 5 heteroatoms. The van der Waals surface area contributed by atoms with Crippen LogP contribution in [0.4, 0.5) is 5.69 Å².